The summed E-state index contributed by atoms with van der Waals surface area (Å²) in [5.41, 5.74) is 1.31. The van der Waals surface area contributed by atoms with Gasteiger partial charge >= 0.3 is 12.3 Å². The van der Waals surface area contributed by atoms with Crippen LogP contribution in [0.25, 0.3) is 0 Å². The second kappa shape index (κ2) is 7.77. The Morgan fingerprint density at radius 2 is 1.83 bits per heavy atom. The number of aryl methyl sites for hydroxylation is 1. The maximum Gasteiger partial charge on any atom is 0.425 e. The molecule has 1 aromatic rings. The highest BCUT2D eigenvalue weighted by Gasteiger charge is 2.47. The molecular formula is C20H27F3N4O3. The Bertz CT molecular complexity index is 815. The topological polar surface area (TPSA) is 67.7 Å². The number of fused-ring (bicyclic) bond motifs is 1. The Hall–Kier alpha value is -2.26. The van der Waals surface area contributed by atoms with E-state index in [1.54, 1.807) is 6.20 Å². The number of hydrogen-bond acceptors (Lipinski definition) is 4. The van der Waals surface area contributed by atoms with Gasteiger partial charge in [-0.25, -0.2) is 4.79 Å². The Labute approximate surface area is 173 Å². The lowest BCUT2D eigenvalue weighted by Crippen LogP contribution is -2.55. The summed E-state index contributed by atoms with van der Waals surface area (Å²) in [6.07, 6.45) is -0.246. The fourth-order valence-electron chi connectivity index (χ4n) is 4.92. The number of hydrogen-bond donors (Lipinski definition) is 0. The summed E-state index contributed by atoms with van der Waals surface area (Å²) in [7, 11) is 0. The summed E-state index contributed by atoms with van der Waals surface area (Å²) in [5.74, 6) is -0.0163. The van der Waals surface area contributed by atoms with Crippen molar-refractivity contribution in [2.45, 2.75) is 76.2 Å². The normalized spacial score (nSPS) is 22.1. The van der Waals surface area contributed by atoms with E-state index in [0.29, 0.717) is 24.9 Å². The lowest BCUT2D eigenvalue weighted by atomic mass is 9.84. The first kappa shape index (κ1) is 21.0. The Morgan fingerprint density at radius 1 is 1.10 bits per heavy atom. The summed E-state index contributed by atoms with van der Waals surface area (Å²) in [6.45, 7) is 2.87. The third kappa shape index (κ3) is 3.76. The number of amides is 2. The van der Waals surface area contributed by atoms with Gasteiger partial charge in [-0.1, -0.05) is 0 Å². The molecule has 7 nitrogen and oxygen atoms in total. The summed E-state index contributed by atoms with van der Waals surface area (Å²) >= 11 is 0. The van der Waals surface area contributed by atoms with Crippen LogP contribution in [-0.4, -0.2) is 69.0 Å². The third-order valence-electron chi connectivity index (χ3n) is 6.75. The monoisotopic (exact) mass is 428 g/mol. The van der Waals surface area contributed by atoms with Crippen LogP contribution in [0.2, 0.25) is 0 Å². The molecule has 3 aliphatic rings. The zero-order chi connectivity index (χ0) is 21.5. The standard InChI is InChI=1S/C20H27F3N4O3/c1-14(20(21,22)23)30-18(29)25-11-7-19(8-12-25)6-4-9-26(19)17(28)15-13-24-27-10-3-2-5-16(15)27/h13-14H,2-12H2,1H3. The maximum absolute atomic E-state index is 13.4. The summed E-state index contributed by atoms with van der Waals surface area (Å²) in [6, 6.07) is 0. The first-order valence-electron chi connectivity index (χ1n) is 10.6. The van der Waals surface area contributed by atoms with E-state index in [2.05, 4.69) is 9.84 Å². The number of likely N-dealkylation sites (tertiary alicyclic amines) is 2. The molecule has 1 spiro atoms. The van der Waals surface area contributed by atoms with Crippen LogP contribution in [0.4, 0.5) is 18.0 Å². The van der Waals surface area contributed by atoms with Gasteiger partial charge in [-0.05, 0) is 51.9 Å². The van der Waals surface area contributed by atoms with Crippen LogP contribution in [-0.2, 0) is 17.7 Å². The van der Waals surface area contributed by atoms with Crippen molar-refractivity contribution in [3.8, 4) is 0 Å². The predicted molar refractivity (Wildman–Crippen MR) is 101 cm³/mol. The highest BCUT2D eigenvalue weighted by molar-refractivity contribution is 5.96. The number of nitrogens with zero attached hydrogens (tertiary/aromatic N) is 4. The Kier molecular flexibility index (Phi) is 5.44. The highest BCUT2D eigenvalue weighted by atomic mass is 19.4. The van der Waals surface area contributed by atoms with Gasteiger partial charge in [0.2, 0.25) is 0 Å². The molecule has 166 valence electrons. The average Bonchev–Trinajstić information content (AvgIpc) is 3.32. The number of carbonyl (C=O) groups is 2. The lowest BCUT2D eigenvalue weighted by molar-refractivity contribution is -0.200. The minimum atomic E-state index is -4.58. The minimum absolute atomic E-state index is 0.0163. The molecule has 1 aromatic heterocycles. The van der Waals surface area contributed by atoms with Crippen molar-refractivity contribution in [3.05, 3.63) is 17.5 Å². The number of alkyl halides is 3. The second-order valence-corrected chi connectivity index (χ2v) is 8.52. The molecule has 2 saturated heterocycles. The molecule has 4 heterocycles. The van der Waals surface area contributed by atoms with E-state index >= 15 is 0 Å². The molecule has 30 heavy (non-hydrogen) atoms. The number of ether oxygens (including phenoxy) is 1. The molecule has 0 aromatic carbocycles. The zero-order valence-corrected chi connectivity index (χ0v) is 17.1. The van der Waals surface area contributed by atoms with Gasteiger partial charge in [0.05, 0.1) is 17.5 Å². The molecule has 0 bridgehead atoms. The largest absolute Gasteiger partial charge is 0.437 e. The first-order chi connectivity index (χ1) is 14.2. The zero-order valence-electron chi connectivity index (χ0n) is 17.1. The second-order valence-electron chi connectivity index (χ2n) is 8.52. The number of carbonyl (C=O) groups excluding carboxylic acids is 2. The van der Waals surface area contributed by atoms with Crippen LogP contribution in [0, 0.1) is 0 Å². The van der Waals surface area contributed by atoms with Gasteiger partial charge in [0.15, 0.2) is 6.10 Å². The van der Waals surface area contributed by atoms with Gasteiger partial charge in [0.1, 0.15) is 0 Å². The minimum Gasteiger partial charge on any atom is -0.437 e. The van der Waals surface area contributed by atoms with E-state index in [1.165, 1.54) is 4.90 Å². The van der Waals surface area contributed by atoms with Gasteiger partial charge in [0, 0.05) is 31.7 Å². The molecule has 4 rings (SSSR count). The molecule has 0 N–H and O–H groups in total. The Morgan fingerprint density at radius 3 is 2.53 bits per heavy atom. The number of rotatable bonds is 2. The van der Waals surface area contributed by atoms with E-state index in [1.807, 2.05) is 9.58 Å². The first-order valence-corrected chi connectivity index (χ1v) is 10.6. The van der Waals surface area contributed by atoms with Crippen molar-refractivity contribution in [3.63, 3.8) is 0 Å². The number of aromatic nitrogens is 2. The van der Waals surface area contributed by atoms with Crippen molar-refractivity contribution < 1.29 is 27.5 Å². The summed E-state index contributed by atoms with van der Waals surface area (Å²) in [5, 5.41) is 4.37. The van der Waals surface area contributed by atoms with Crippen LogP contribution in [0.15, 0.2) is 6.20 Å². The number of halogens is 3. The molecule has 2 fully saturated rings. The van der Waals surface area contributed by atoms with Crippen molar-refractivity contribution in [1.29, 1.82) is 0 Å². The predicted octanol–water partition coefficient (Wildman–Crippen LogP) is 3.38. The van der Waals surface area contributed by atoms with Gasteiger partial charge in [-0.3, -0.25) is 9.48 Å². The van der Waals surface area contributed by atoms with Gasteiger partial charge in [-0.2, -0.15) is 18.3 Å². The SMILES string of the molecule is CC(OC(=O)N1CCC2(CCCN2C(=O)c2cnn3c2CCCC3)CC1)C(F)(F)F. The van der Waals surface area contributed by atoms with Gasteiger partial charge < -0.3 is 14.5 Å². The molecule has 3 aliphatic heterocycles. The van der Waals surface area contributed by atoms with Crippen LogP contribution in [0.1, 0.15) is 61.5 Å². The van der Waals surface area contributed by atoms with Gasteiger partial charge in [-0.15, -0.1) is 0 Å². The third-order valence-corrected chi connectivity index (χ3v) is 6.75. The average molecular weight is 428 g/mol. The van der Waals surface area contributed by atoms with Crippen molar-refractivity contribution in [1.82, 2.24) is 19.6 Å². The molecule has 0 saturated carbocycles. The summed E-state index contributed by atoms with van der Waals surface area (Å²) < 4.78 is 44.5. The van der Waals surface area contributed by atoms with Crippen molar-refractivity contribution >= 4 is 12.0 Å². The molecule has 1 atom stereocenters. The van der Waals surface area contributed by atoms with Crippen LogP contribution >= 0.6 is 0 Å². The van der Waals surface area contributed by atoms with Crippen LogP contribution in [0.5, 0.6) is 0 Å². The van der Waals surface area contributed by atoms with E-state index < -0.39 is 18.4 Å². The number of piperidine rings is 1. The van der Waals surface area contributed by atoms with Gasteiger partial charge in [0.25, 0.3) is 5.91 Å². The molecule has 0 radical (unpaired) electrons. The smallest absolute Gasteiger partial charge is 0.425 e. The lowest BCUT2D eigenvalue weighted by Gasteiger charge is -2.44. The fraction of sp³-hybridized carbons (Fsp3) is 0.750. The van der Waals surface area contributed by atoms with E-state index in [-0.39, 0.29) is 24.5 Å². The molecule has 2 amide bonds. The van der Waals surface area contributed by atoms with E-state index in [0.717, 1.165) is 51.3 Å². The molecule has 0 aliphatic carbocycles. The van der Waals surface area contributed by atoms with Crippen LogP contribution < -0.4 is 0 Å². The highest BCUT2D eigenvalue weighted by Crippen LogP contribution is 2.40. The van der Waals surface area contributed by atoms with E-state index in [9.17, 15) is 22.8 Å². The van der Waals surface area contributed by atoms with Crippen molar-refractivity contribution in [2.24, 2.45) is 0 Å². The molecule has 1 unspecified atom stereocenters. The molecule has 10 heteroatoms. The maximum atomic E-state index is 13.4. The quantitative estimate of drug-likeness (QED) is 0.724. The Balaban J connectivity index is 1.42. The van der Waals surface area contributed by atoms with E-state index in [4.69, 9.17) is 0 Å². The fourth-order valence-corrected chi connectivity index (χ4v) is 4.92. The molecular weight excluding hydrogens is 401 g/mol. The van der Waals surface area contributed by atoms with Crippen LogP contribution in [0.3, 0.4) is 0 Å². The van der Waals surface area contributed by atoms with Crippen molar-refractivity contribution in [2.75, 3.05) is 19.6 Å². The summed E-state index contributed by atoms with van der Waals surface area (Å²) in [4.78, 5) is 28.7.